The maximum Gasteiger partial charge on any atom is 0.235 e. The van der Waals surface area contributed by atoms with E-state index in [1.165, 1.54) is 23.1 Å². The number of anilines is 1. The molecular weight excluding hydrogens is 478 g/mol. The number of benzene rings is 1. The number of carbonyl (C=O) groups excluding carboxylic acids is 1. The number of thioether (sulfide) groups is 1. The summed E-state index contributed by atoms with van der Waals surface area (Å²) in [5, 5.41) is 23.0. The number of aromatic nitrogens is 3. The third kappa shape index (κ3) is 5.69. The molecule has 0 saturated carbocycles. The molecule has 0 saturated heterocycles. The fourth-order valence-electron chi connectivity index (χ4n) is 3.77. The van der Waals surface area contributed by atoms with E-state index in [0.29, 0.717) is 38.9 Å². The number of amides is 1. The molecule has 0 spiro atoms. The number of thiophene rings is 1. The van der Waals surface area contributed by atoms with E-state index in [0.717, 1.165) is 31.2 Å². The Morgan fingerprint density at radius 2 is 2.06 bits per heavy atom. The van der Waals surface area contributed by atoms with Gasteiger partial charge in [-0.2, -0.15) is 5.26 Å². The average Bonchev–Trinajstić information content (AvgIpc) is 3.28. The highest BCUT2D eigenvalue weighted by atomic mass is 35.5. The van der Waals surface area contributed by atoms with Gasteiger partial charge in [0.2, 0.25) is 5.91 Å². The van der Waals surface area contributed by atoms with E-state index in [2.05, 4.69) is 21.6 Å². The summed E-state index contributed by atoms with van der Waals surface area (Å²) in [4.78, 5) is 13.9. The second-order valence-corrected chi connectivity index (χ2v) is 10.1. The van der Waals surface area contributed by atoms with Crippen LogP contribution >= 0.6 is 34.7 Å². The molecule has 172 valence electrons. The number of hydrogen-bond acceptors (Lipinski definition) is 7. The predicted molar refractivity (Wildman–Crippen MR) is 131 cm³/mol. The maximum atomic E-state index is 12.7. The number of hydrogen-bond donors (Lipinski definition) is 1. The van der Waals surface area contributed by atoms with Gasteiger partial charge in [0, 0.05) is 16.4 Å². The summed E-state index contributed by atoms with van der Waals surface area (Å²) in [6.45, 7) is 2.92. The van der Waals surface area contributed by atoms with E-state index in [-0.39, 0.29) is 18.3 Å². The largest absolute Gasteiger partial charge is 0.486 e. The van der Waals surface area contributed by atoms with Crippen molar-refractivity contribution in [1.82, 2.24) is 14.8 Å². The van der Waals surface area contributed by atoms with Crippen molar-refractivity contribution in [2.75, 3.05) is 11.1 Å². The van der Waals surface area contributed by atoms with Gasteiger partial charge in [0.25, 0.3) is 0 Å². The molecule has 0 aliphatic heterocycles. The van der Waals surface area contributed by atoms with Gasteiger partial charge in [0.1, 0.15) is 23.4 Å². The van der Waals surface area contributed by atoms with Crippen LogP contribution in [0.2, 0.25) is 5.02 Å². The second kappa shape index (κ2) is 11.1. The van der Waals surface area contributed by atoms with Crippen LogP contribution in [0, 0.1) is 11.3 Å². The van der Waals surface area contributed by atoms with Crippen molar-refractivity contribution in [3.8, 4) is 11.8 Å². The molecule has 10 heteroatoms. The van der Waals surface area contributed by atoms with Gasteiger partial charge in [-0.15, -0.1) is 21.5 Å². The molecule has 7 nitrogen and oxygen atoms in total. The van der Waals surface area contributed by atoms with Gasteiger partial charge >= 0.3 is 0 Å². The Balaban J connectivity index is 1.37. The zero-order valence-electron chi connectivity index (χ0n) is 18.3. The summed E-state index contributed by atoms with van der Waals surface area (Å²) in [5.74, 6) is 1.41. The number of halogens is 1. The molecule has 0 unspecified atom stereocenters. The Labute approximate surface area is 206 Å². The first-order valence-electron chi connectivity index (χ1n) is 10.9. The number of ether oxygens (including phenoxy) is 1. The number of nitrogens with zero attached hydrogens (tertiary/aromatic N) is 4. The highest BCUT2D eigenvalue weighted by Gasteiger charge is 2.21. The Kier molecular flexibility index (Phi) is 7.91. The molecule has 0 fully saturated rings. The van der Waals surface area contributed by atoms with Crippen molar-refractivity contribution in [1.29, 1.82) is 5.26 Å². The Morgan fingerprint density at radius 1 is 1.27 bits per heavy atom. The van der Waals surface area contributed by atoms with Crippen LogP contribution < -0.4 is 10.1 Å². The smallest absolute Gasteiger partial charge is 0.235 e. The van der Waals surface area contributed by atoms with E-state index in [1.54, 1.807) is 35.6 Å². The molecule has 0 bridgehead atoms. The minimum atomic E-state index is -0.155. The standard InChI is InChI=1S/C23H24ClN5O2S2/c1-2-29-20(13-31-16-10-8-15(24)9-11-16)27-28-23(29)32-14-21(30)26-22-18(12-25)17-6-4-3-5-7-19(17)33-22/h8-11H,2-7,13-14H2,1H3,(H,26,30). The first-order valence-corrected chi connectivity index (χ1v) is 13.0. The number of nitriles is 1. The highest BCUT2D eigenvalue weighted by Crippen LogP contribution is 2.37. The Bertz CT molecular complexity index is 1170. The van der Waals surface area contributed by atoms with Crippen molar-refractivity contribution < 1.29 is 9.53 Å². The van der Waals surface area contributed by atoms with E-state index >= 15 is 0 Å². The van der Waals surface area contributed by atoms with Crippen molar-refractivity contribution in [3.63, 3.8) is 0 Å². The fraction of sp³-hybridized carbons (Fsp3) is 0.391. The number of nitrogens with one attached hydrogen (secondary N) is 1. The van der Waals surface area contributed by atoms with Gasteiger partial charge in [-0.05, 0) is 62.4 Å². The lowest BCUT2D eigenvalue weighted by Crippen LogP contribution is -2.15. The molecule has 33 heavy (non-hydrogen) atoms. The first kappa shape index (κ1) is 23.6. The summed E-state index contributed by atoms with van der Waals surface area (Å²) in [7, 11) is 0. The van der Waals surface area contributed by atoms with Crippen LogP contribution in [-0.2, 0) is 30.8 Å². The van der Waals surface area contributed by atoms with Gasteiger partial charge in [0.15, 0.2) is 11.0 Å². The Hall–Kier alpha value is -2.54. The average molecular weight is 502 g/mol. The predicted octanol–water partition coefficient (Wildman–Crippen LogP) is 5.46. The molecule has 1 aromatic carbocycles. The van der Waals surface area contributed by atoms with Crippen LogP contribution in [0.1, 0.15) is 48.0 Å². The maximum absolute atomic E-state index is 12.7. The SMILES string of the molecule is CCn1c(COc2ccc(Cl)cc2)nnc1SCC(=O)Nc1sc2c(c1C#N)CCCCC2. The molecule has 4 rings (SSSR count). The topological polar surface area (TPSA) is 92.8 Å². The molecule has 1 amide bonds. The molecule has 1 N–H and O–H groups in total. The number of aryl methyl sites for hydroxylation is 1. The highest BCUT2D eigenvalue weighted by molar-refractivity contribution is 7.99. The molecule has 1 aliphatic carbocycles. The van der Waals surface area contributed by atoms with E-state index in [4.69, 9.17) is 16.3 Å². The van der Waals surface area contributed by atoms with Gasteiger partial charge in [-0.3, -0.25) is 4.79 Å². The number of carbonyl (C=O) groups is 1. The van der Waals surface area contributed by atoms with Crippen LogP contribution in [0.3, 0.4) is 0 Å². The first-order chi connectivity index (χ1) is 16.1. The third-order valence-electron chi connectivity index (χ3n) is 5.41. The van der Waals surface area contributed by atoms with Crippen molar-refractivity contribution in [3.05, 3.63) is 51.1 Å². The third-order valence-corrected chi connectivity index (χ3v) is 7.84. The van der Waals surface area contributed by atoms with Gasteiger partial charge in [-0.1, -0.05) is 29.8 Å². The lowest BCUT2D eigenvalue weighted by Gasteiger charge is -2.09. The zero-order valence-corrected chi connectivity index (χ0v) is 20.7. The summed E-state index contributed by atoms with van der Waals surface area (Å²) >= 11 is 8.77. The molecule has 2 heterocycles. The normalized spacial score (nSPS) is 13.1. The van der Waals surface area contributed by atoms with Crippen LogP contribution in [0.5, 0.6) is 5.75 Å². The van der Waals surface area contributed by atoms with Crippen LogP contribution in [0.25, 0.3) is 0 Å². The van der Waals surface area contributed by atoms with Crippen molar-refractivity contribution in [2.24, 2.45) is 0 Å². The molecule has 2 aromatic heterocycles. The lowest BCUT2D eigenvalue weighted by atomic mass is 10.1. The minimum absolute atomic E-state index is 0.155. The zero-order chi connectivity index (χ0) is 23.2. The van der Waals surface area contributed by atoms with E-state index in [9.17, 15) is 10.1 Å². The minimum Gasteiger partial charge on any atom is -0.486 e. The summed E-state index contributed by atoms with van der Waals surface area (Å²) < 4.78 is 7.71. The second-order valence-electron chi connectivity index (χ2n) is 7.60. The van der Waals surface area contributed by atoms with Crippen molar-refractivity contribution in [2.45, 2.75) is 57.3 Å². The molecular formula is C23H24ClN5O2S2. The molecule has 3 aromatic rings. The van der Waals surface area contributed by atoms with E-state index < -0.39 is 0 Å². The van der Waals surface area contributed by atoms with Crippen molar-refractivity contribution >= 4 is 45.6 Å². The number of rotatable bonds is 8. The lowest BCUT2D eigenvalue weighted by molar-refractivity contribution is -0.113. The van der Waals surface area contributed by atoms with Crippen LogP contribution in [0.15, 0.2) is 29.4 Å². The quantitative estimate of drug-likeness (QED) is 0.325. The molecule has 0 radical (unpaired) electrons. The summed E-state index contributed by atoms with van der Waals surface area (Å²) in [6, 6.07) is 9.44. The number of fused-ring (bicyclic) bond motifs is 1. The summed E-state index contributed by atoms with van der Waals surface area (Å²) in [5.41, 5.74) is 1.76. The van der Waals surface area contributed by atoms with Gasteiger partial charge < -0.3 is 14.6 Å². The van der Waals surface area contributed by atoms with Gasteiger partial charge in [-0.25, -0.2) is 0 Å². The fourth-order valence-corrected chi connectivity index (χ4v) is 5.97. The van der Waals surface area contributed by atoms with Crippen LogP contribution in [0.4, 0.5) is 5.00 Å². The monoisotopic (exact) mass is 501 g/mol. The van der Waals surface area contributed by atoms with Gasteiger partial charge in [0.05, 0.1) is 11.3 Å². The summed E-state index contributed by atoms with van der Waals surface area (Å²) in [6.07, 6.45) is 5.33. The van der Waals surface area contributed by atoms with Crippen LogP contribution in [-0.4, -0.2) is 26.4 Å². The Morgan fingerprint density at radius 3 is 2.82 bits per heavy atom. The molecule has 1 aliphatic rings. The van der Waals surface area contributed by atoms with E-state index in [1.807, 2.05) is 11.5 Å². The molecule has 0 atom stereocenters.